The summed E-state index contributed by atoms with van der Waals surface area (Å²) in [5, 5.41) is 8.13. The van der Waals surface area contributed by atoms with Crippen LogP contribution < -0.4 is 0 Å². The average Bonchev–Trinajstić information content (AvgIpc) is 3.01. The van der Waals surface area contributed by atoms with E-state index in [2.05, 4.69) is 10.2 Å². The smallest absolute Gasteiger partial charge is 0.201 e. The first-order valence-corrected chi connectivity index (χ1v) is 6.98. The Kier molecular flexibility index (Phi) is 2.89. The van der Waals surface area contributed by atoms with Crippen molar-refractivity contribution in [3.05, 3.63) is 71.7 Å². The minimum atomic E-state index is 0.294. The first-order valence-electron chi connectivity index (χ1n) is 6.98. The van der Waals surface area contributed by atoms with Gasteiger partial charge < -0.3 is 0 Å². The Morgan fingerprint density at radius 1 is 0.955 bits per heavy atom. The third-order valence-corrected chi connectivity index (χ3v) is 3.64. The van der Waals surface area contributed by atoms with Gasteiger partial charge in [0.1, 0.15) is 0 Å². The third-order valence-electron chi connectivity index (χ3n) is 3.64. The highest BCUT2D eigenvalue weighted by Gasteiger charge is 2.14. The molecule has 0 aliphatic carbocycles. The number of rotatable bonds is 3. The summed E-state index contributed by atoms with van der Waals surface area (Å²) < 4.78 is 1.77. The summed E-state index contributed by atoms with van der Waals surface area (Å²) >= 11 is 0. The lowest BCUT2D eigenvalue weighted by atomic mass is 10.1. The molecule has 0 N–H and O–H groups in total. The Hall–Kier alpha value is -3.08. The van der Waals surface area contributed by atoms with Crippen LogP contribution in [0.1, 0.15) is 21.9 Å². The van der Waals surface area contributed by atoms with E-state index in [-0.39, 0.29) is 0 Å². The highest BCUT2D eigenvalue weighted by atomic mass is 16.1. The van der Waals surface area contributed by atoms with Crippen molar-refractivity contribution in [2.45, 2.75) is 6.42 Å². The number of fused-ring (bicyclic) bond motifs is 3. The third kappa shape index (κ3) is 1.95. The zero-order valence-electron chi connectivity index (χ0n) is 11.7. The van der Waals surface area contributed by atoms with Crippen molar-refractivity contribution in [3.63, 3.8) is 0 Å². The summed E-state index contributed by atoms with van der Waals surface area (Å²) in [6, 6.07) is 17.7. The van der Waals surface area contributed by atoms with Crippen molar-refractivity contribution >= 4 is 23.0 Å². The van der Waals surface area contributed by atoms with Gasteiger partial charge in [-0.3, -0.25) is 9.20 Å². The van der Waals surface area contributed by atoms with Gasteiger partial charge >= 0.3 is 0 Å². The Balaban J connectivity index is 2.01. The lowest BCUT2D eigenvalue weighted by Crippen LogP contribution is -2.02. The fourth-order valence-corrected chi connectivity index (χ4v) is 2.65. The van der Waals surface area contributed by atoms with Crippen LogP contribution in [-0.4, -0.2) is 25.9 Å². The molecule has 0 atom stereocenters. The molecule has 0 saturated heterocycles. The van der Waals surface area contributed by atoms with E-state index >= 15 is 0 Å². The van der Waals surface area contributed by atoms with Crippen molar-refractivity contribution in [2.75, 3.05) is 0 Å². The molecule has 4 rings (SSSR count). The first-order chi connectivity index (χ1) is 10.9. The number of aromatic nitrogens is 4. The van der Waals surface area contributed by atoms with Crippen LogP contribution in [0.5, 0.6) is 0 Å². The van der Waals surface area contributed by atoms with Gasteiger partial charge in [0.15, 0.2) is 11.9 Å². The Labute approximate surface area is 126 Å². The molecule has 2 heterocycles. The van der Waals surface area contributed by atoms with Gasteiger partial charge in [0.25, 0.3) is 0 Å². The number of carbonyl (C=O) groups is 1. The molecule has 0 radical (unpaired) electrons. The van der Waals surface area contributed by atoms with Crippen LogP contribution in [0.4, 0.5) is 0 Å². The molecule has 5 nitrogen and oxygen atoms in total. The fourth-order valence-electron chi connectivity index (χ4n) is 2.65. The first kappa shape index (κ1) is 12.6. The molecule has 22 heavy (non-hydrogen) atoms. The maximum atomic E-state index is 11.3. The molecule has 0 fully saturated rings. The molecule has 2 aromatic heterocycles. The maximum Gasteiger partial charge on any atom is 0.201 e. The summed E-state index contributed by atoms with van der Waals surface area (Å²) in [6.07, 6.45) is 1.37. The van der Waals surface area contributed by atoms with E-state index in [1.807, 2.05) is 54.6 Å². The monoisotopic (exact) mass is 288 g/mol. The van der Waals surface area contributed by atoms with E-state index in [1.165, 1.54) is 0 Å². The summed E-state index contributed by atoms with van der Waals surface area (Å²) in [5.41, 5.74) is 4.24. The number of hydrogen-bond donors (Lipinski definition) is 0. The predicted molar refractivity (Wildman–Crippen MR) is 82.9 cm³/mol. The van der Waals surface area contributed by atoms with Crippen molar-refractivity contribution < 1.29 is 4.79 Å². The van der Waals surface area contributed by atoms with Crippen LogP contribution in [-0.2, 0) is 6.42 Å². The molecule has 0 amide bonds. The second kappa shape index (κ2) is 5.04. The van der Waals surface area contributed by atoms with Crippen molar-refractivity contribution in [2.24, 2.45) is 0 Å². The van der Waals surface area contributed by atoms with Gasteiger partial charge in [0.05, 0.1) is 16.7 Å². The van der Waals surface area contributed by atoms with E-state index in [0.717, 1.165) is 28.6 Å². The normalized spacial score (nSPS) is 11.1. The molecule has 0 aliphatic heterocycles. The van der Waals surface area contributed by atoms with Crippen LogP contribution in [0, 0.1) is 0 Å². The molecule has 0 unspecified atom stereocenters. The van der Waals surface area contributed by atoms with E-state index in [9.17, 15) is 4.79 Å². The van der Waals surface area contributed by atoms with Gasteiger partial charge in [-0.05, 0) is 17.7 Å². The number of aldehydes is 1. The van der Waals surface area contributed by atoms with Gasteiger partial charge in [0, 0.05) is 6.42 Å². The highest BCUT2D eigenvalue weighted by Crippen LogP contribution is 2.20. The Bertz CT molecular complexity index is 976. The quantitative estimate of drug-likeness (QED) is 0.544. The molecular weight excluding hydrogens is 276 g/mol. The van der Waals surface area contributed by atoms with Gasteiger partial charge in [-0.25, -0.2) is 4.98 Å². The summed E-state index contributed by atoms with van der Waals surface area (Å²) in [7, 11) is 0. The standard InChI is InChI=1S/C17H12N4O/c22-11-16-19-20-17-14(10-12-6-2-1-3-7-12)18-13-8-4-5-9-15(13)21(16)17/h1-9,11H,10H2. The number of carbonyl (C=O) groups excluding carboxylic acids is 1. The summed E-state index contributed by atoms with van der Waals surface area (Å²) in [5.74, 6) is 0.294. The predicted octanol–water partition coefficient (Wildman–Crippen LogP) is 2.68. The van der Waals surface area contributed by atoms with E-state index in [1.54, 1.807) is 4.40 Å². The lowest BCUT2D eigenvalue weighted by Gasteiger charge is -2.07. The zero-order chi connectivity index (χ0) is 14.9. The number of benzene rings is 2. The second-order valence-corrected chi connectivity index (χ2v) is 5.04. The number of para-hydroxylation sites is 2. The van der Waals surface area contributed by atoms with Crippen LogP contribution >= 0.6 is 0 Å². The van der Waals surface area contributed by atoms with Crippen molar-refractivity contribution in [3.8, 4) is 0 Å². The summed E-state index contributed by atoms with van der Waals surface area (Å²) in [6.45, 7) is 0. The maximum absolute atomic E-state index is 11.3. The molecule has 0 spiro atoms. The van der Waals surface area contributed by atoms with E-state index in [0.29, 0.717) is 17.9 Å². The van der Waals surface area contributed by atoms with E-state index in [4.69, 9.17) is 4.98 Å². The second-order valence-electron chi connectivity index (χ2n) is 5.04. The van der Waals surface area contributed by atoms with Crippen molar-refractivity contribution in [1.82, 2.24) is 19.6 Å². The molecule has 0 aliphatic rings. The average molecular weight is 288 g/mol. The fraction of sp³-hybridized carbons (Fsp3) is 0.0588. The molecule has 106 valence electrons. The lowest BCUT2D eigenvalue weighted by molar-refractivity contribution is 0.111. The molecule has 0 bridgehead atoms. The van der Waals surface area contributed by atoms with E-state index < -0.39 is 0 Å². The van der Waals surface area contributed by atoms with Crippen LogP contribution in [0.3, 0.4) is 0 Å². The Morgan fingerprint density at radius 3 is 2.55 bits per heavy atom. The largest absolute Gasteiger partial charge is 0.294 e. The number of nitrogens with zero attached hydrogens (tertiary/aromatic N) is 4. The van der Waals surface area contributed by atoms with Gasteiger partial charge in [-0.2, -0.15) is 0 Å². The molecular formula is C17H12N4O. The van der Waals surface area contributed by atoms with Crippen LogP contribution in [0.15, 0.2) is 54.6 Å². The Morgan fingerprint density at radius 2 is 1.73 bits per heavy atom. The SMILES string of the molecule is O=Cc1nnc2c(Cc3ccccc3)nc3ccccc3n12. The van der Waals surface area contributed by atoms with Gasteiger partial charge in [-0.1, -0.05) is 42.5 Å². The molecule has 5 heteroatoms. The molecule has 4 aromatic rings. The zero-order valence-corrected chi connectivity index (χ0v) is 11.7. The minimum absolute atomic E-state index is 0.294. The highest BCUT2D eigenvalue weighted by molar-refractivity contribution is 5.82. The van der Waals surface area contributed by atoms with Crippen LogP contribution in [0.25, 0.3) is 16.7 Å². The molecule has 2 aromatic carbocycles. The molecule has 0 saturated carbocycles. The van der Waals surface area contributed by atoms with Crippen molar-refractivity contribution in [1.29, 1.82) is 0 Å². The topological polar surface area (TPSA) is 60.2 Å². The van der Waals surface area contributed by atoms with Crippen LogP contribution in [0.2, 0.25) is 0 Å². The number of hydrogen-bond acceptors (Lipinski definition) is 4. The minimum Gasteiger partial charge on any atom is -0.294 e. The van der Waals surface area contributed by atoms with Gasteiger partial charge in [0.2, 0.25) is 5.82 Å². The summed E-state index contributed by atoms with van der Waals surface area (Å²) in [4.78, 5) is 16.0. The van der Waals surface area contributed by atoms with Gasteiger partial charge in [-0.15, -0.1) is 10.2 Å².